The standard InChI is InChI=1S/C17H14O6/c1-2-10-7-16(18)23-15-8-11(3-5-13(10)15)21-9-12-4-6-14(22-12)17(19)20/h3-8H,2,9H2,1H3,(H,19,20)/p-1. The molecule has 0 atom stereocenters. The highest BCUT2D eigenvalue weighted by Crippen LogP contribution is 2.23. The van der Waals surface area contributed by atoms with E-state index in [1.165, 1.54) is 18.2 Å². The third-order valence-electron chi connectivity index (χ3n) is 3.43. The summed E-state index contributed by atoms with van der Waals surface area (Å²) in [7, 11) is 0. The van der Waals surface area contributed by atoms with E-state index < -0.39 is 11.6 Å². The SMILES string of the molecule is CCc1cc(=O)oc2cc(OCc3ccc(C(=O)[O-])o3)ccc12. The van der Waals surface area contributed by atoms with E-state index in [9.17, 15) is 14.7 Å². The molecule has 3 aromatic rings. The Kier molecular flexibility index (Phi) is 3.89. The van der Waals surface area contributed by atoms with Crippen molar-refractivity contribution in [2.75, 3.05) is 0 Å². The second kappa shape index (κ2) is 6.00. The lowest BCUT2D eigenvalue weighted by Crippen LogP contribution is -2.21. The summed E-state index contributed by atoms with van der Waals surface area (Å²) in [6.07, 6.45) is 0.723. The van der Waals surface area contributed by atoms with Crippen LogP contribution in [0, 0.1) is 0 Å². The van der Waals surface area contributed by atoms with Gasteiger partial charge in [0.1, 0.15) is 35.4 Å². The lowest BCUT2D eigenvalue weighted by molar-refractivity contribution is -0.257. The molecular formula is C17H13O6-. The zero-order valence-electron chi connectivity index (χ0n) is 12.3. The molecule has 0 radical (unpaired) electrons. The quantitative estimate of drug-likeness (QED) is 0.668. The van der Waals surface area contributed by atoms with Gasteiger partial charge in [-0.1, -0.05) is 6.92 Å². The van der Waals surface area contributed by atoms with E-state index >= 15 is 0 Å². The number of hydrogen-bond acceptors (Lipinski definition) is 6. The van der Waals surface area contributed by atoms with Crippen LogP contribution in [-0.4, -0.2) is 5.97 Å². The first-order valence-corrected chi connectivity index (χ1v) is 7.06. The Morgan fingerprint density at radius 3 is 2.70 bits per heavy atom. The highest BCUT2D eigenvalue weighted by atomic mass is 16.5. The van der Waals surface area contributed by atoms with Crippen LogP contribution in [0.25, 0.3) is 11.0 Å². The van der Waals surface area contributed by atoms with Gasteiger partial charge in [-0.15, -0.1) is 0 Å². The molecule has 2 aromatic heterocycles. The fraction of sp³-hybridized carbons (Fsp3) is 0.176. The number of fused-ring (bicyclic) bond motifs is 1. The number of benzene rings is 1. The second-order valence-corrected chi connectivity index (χ2v) is 4.94. The molecule has 2 heterocycles. The highest BCUT2D eigenvalue weighted by Gasteiger charge is 2.07. The van der Waals surface area contributed by atoms with Gasteiger partial charge in [0.2, 0.25) is 0 Å². The smallest absolute Gasteiger partial charge is 0.336 e. The number of carbonyl (C=O) groups excluding carboxylic acids is 1. The maximum absolute atomic E-state index is 11.5. The van der Waals surface area contributed by atoms with Crippen molar-refractivity contribution in [1.29, 1.82) is 0 Å². The molecule has 0 bridgehead atoms. The first-order valence-electron chi connectivity index (χ1n) is 7.06. The molecule has 0 aliphatic heterocycles. The number of carboxylic acid groups (broad SMARTS) is 1. The van der Waals surface area contributed by atoms with Gasteiger partial charge in [0.05, 0.1) is 0 Å². The van der Waals surface area contributed by atoms with Crippen LogP contribution >= 0.6 is 0 Å². The molecule has 0 aliphatic rings. The average Bonchev–Trinajstić information content (AvgIpc) is 3.01. The van der Waals surface area contributed by atoms with Crippen LogP contribution in [-0.2, 0) is 13.0 Å². The Balaban J connectivity index is 1.83. The molecule has 1 aromatic carbocycles. The van der Waals surface area contributed by atoms with Crippen molar-refractivity contribution in [3.8, 4) is 5.75 Å². The lowest BCUT2D eigenvalue weighted by Gasteiger charge is -2.07. The van der Waals surface area contributed by atoms with Crippen LogP contribution in [0.15, 0.2) is 50.0 Å². The summed E-state index contributed by atoms with van der Waals surface area (Å²) in [5.41, 5.74) is 0.949. The fourth-order valence-electron chi connectivity index (χ4n) is 2.31. The predicted molar refractivity (Wildman–Crippen MR) is 79.2 cm³/mol. The van der Waals surface area contributed by atoms with Crippen molar-refractivity contribution in [3.63, 3.8) is 0 Å². The largest absolute Gasteiger partial charge is 0.542 e. The molecule has 0 N–H and O–H groups in total. The van der Waals surface area contributed by atoms with Gasteiger partial charge in [0, 0.05) is 17.5 Å². The van der Waals surface area contributed by atoms with Gasteiger partial charge >= 0.3 is 5.63 Å². The number of furan rings is 1. The third kappa shape index (κ3) is 3.11. The van der Waals surface area contributed by atoms with Crippen molar-refractivity contribution in [3.05, 3.63) is 63.9 Å². The molecule has 6 heteroatoms. The van der Waals surface area contributed by atoms with Gasteiger partial charge in [-0.05, 0) is 36.2 Å². The number of hydrogen-bond donors (Lipinski definition) is 0. The summed E-state index contributed by atoms with van der Waals surface area (Å²) in [6, 6.07) is 9.49. The van der Waals surface area contributed by atoms with Crippen LogP contribution in [0.2, 0.25) is 0 Å². The fourth-order valence-corrected chi connectivity index (χ4v) is 2.31. The first-order chi connectivity index (χ1) is 11.1. The lowest BCUT2D eigenvalue weighted by atomic mass is 10.1. The summed E-state index contributed by atoms with van der Waals surface area (Å²) in [4.78, 5) is 22.2. The summed E-state index contributed by atoms with van der Waals surface area (Å²) in [5, 5.41) is 11.5. The van der Waals surface area contributed by atoms with Gasteiger partial charge in [-0.3, -0.25) is 0 Å². The number of rotatable bonds is 5. The summed E-state index contributed by atoms with van der Waals surface area (Å²) in [6.45, 7) is 2.01. The monoisotopic (exact) mass is 313 g/mol. The van der Waals surface area contributed by atoms with Crippen LogP contribution in [0.5, 0.6) is 5.75 Å². The molecule has 118 valence electrons. The molecule has 0 aliphatic carbocycles. The number of carbonyl (C=O) groups is 1. The van der Waals surface area contributed by atoms with E-state index in [1.807, 2.05) is 13.0 Å². The van der Waals surface area contributed by atoms with Gasteiger partial charge < -0.3 is 23.5 Å². The molecule has 6 nitrogen and oxygen atoms in total. The van der Waals surface area contributed by atoms with E-state index in [4.69, 9.17) is 13.6 Å². The van der Waals surface area contributed by atoms with Crippen LogP contribution in [0.1, 0.15) is 28.8 Å². The average molecular weight is 313 g/mol. The Morgan fingerprint density at radius 1 is 1.17 bits per heavy atom. The van der Waals surface area contributed by atoms with E-state index in [2.05, 4.69) is 0 Å². The summed E-state index contributed by atoms with van der Waals surface area (Å²) in [5.74, 6) is -0.787. The number of ether oxygens (including phenoxy) is 1. The molecule has 0 spiro atoms. The number of carboxylic acids is 1. The highest BCUT2D eigenvalue weighted by molar-refractivity contribution is 5.82. The zero-order chi connectivity index (χ0) is 16.4. The topological polar surface area (TPSA) is 92.7 Å². The molecule has 0 saturated carbocycles. The van der Waals surface area contributed by atoms with Crippen molar-refractivity contribution in [2.45, 2.75) is 20.0 Å². The zero-order valence-corrected chi connectivity index (χ0v) is 12.3. The molecule has 3 rings (SSSR count). The van der Waals surface area contributed by atoms with E-state index in [-0.39, 0.29) is 12.4 Å². The maximum atomic E-state index is 11.5. The number of aromatic carboxylic acids is 1. The predicted octanol–water partition coefficient (Wildman–Crippen LogP) is 1.89. The second-order valence-electron chi connectivity index (χ2n) is 4.94. The molecule has 0 saturated heterocycles. The van der Waals surface area contributed by atoms with Gasteiger partial charge in [-0.25, -0.2) is 4.79 Å². The Morgan fingerprint density at radius 2 is 2.00 bits per heavy atom. The minimum Gasteiger partial charge on any atom is -0.542 e. The Labute approximate surface area is 130 Å². The maximum Gasteiger partial charge on any atom is 0.336 e. The minimum absolute atomic E-state index is 0.0521. The molecule has 0 amide bonds. The normalized spacial score (nSPS) is 10.8. The van der Waals surface area contributed by atoms with Crippen molar-refractivity contribution in [2.24, 2.45) is 0 Å². The summed E-state index contributed by atoms with van der Waals surface area (Å²) < 4.78 is 15.8. The molecule has 0 unspecified atom stereocenters. The van der Waals surface area contributed by atoms with Crippen LogP contribution < -0.4 is 15.5 Å². The Hall–Kier alpha value is -3.02. The van der Waals surface area contributed by atoms with Gasteiger partial charge in [0.15, 0.2) is 0 Å². The first kappa shape index (κ1) is 14.9. The minimum atomic E-state index is -1.38. The van der Waals surface area contributed by atoms with Crippen LogP contribution in [0.4, 0.5) is 0 Å². The third-order valence-corrected chi connectivity index (χ3v) is 3.43. The van der Waals surface area contributed by atoms with E-state index in [0.717, 1.165) is 17.4 Å². The van der Waals surface area contributed by atoms with Crippen molar-refractivity contribution in [1.82, 2.24) is 0 Å². The van der Waals surface area contributed by atoms with E-state index in [0.29, 0.717) is 17.1 Å². The van der Waals surface area contributed by atoms with Gasteiger partial charge in [0.25, 0.3) is 0 Å². The van der Waals surface area contributed by atoms with Crippen LogP contribution in [0.3, 0.4) is 0 Å². The number of aryl methyl sites for hydroxylation is 1. The van der Waals surface area contributed by atoms with Crippen molar-refractivity contribution < 1.29 is 23.5 Å². The summed E-state index contributed by atoms with van der Waals surface area (Å²) >= 11 is 0. The molecular weight excluding hydrogens is 300 g/mol. The molecule has 23 heavy (non-hydrogen) atoms. The van der Waals surface area contributed by atoms with E-state index in [1.54, 1.807) is 12.1 Å². The Bertz CT molecular complexity index is 918. The van der Waals surface area contributed by atoms with Crippen molar-refractivity contribution >= 4 is 16.9 Å². The van der Waals surface area contributed by atoms with Gasteiger partial charge in [-0.2, -0.15) is 0 Å². The molecule has 0 fully saturated rings.